The molecule has 2 aliphatic rings. The third-order valence-electron chi connectivity index (χ3n) is 11.1. The lowest BCUT2D eigenvalue weighted by Crippen LogP contribution is -2.19. The van der Waals surface area contributed by atoms with E-state index in [4.69, 9.17) is 0 Å². The van der Waals surface area contributed by atoms with Crippen LogP contribution in [-0.4, -0.2) is 13.8 Å². The highest BCUT2D eigenvalue weighted by Gasteiger charge is 2.23. The minimum Gasteiger partial charge on any atom is -0.355 e. The standard InChI is InChI=1S/C54H56BN2/c1-7-44(45-26-13-9-14-27-45)38-48(34-33-43-24-11-8-12-25-43)56-52-32-18-17-30-49(52)51-39-47(46-28-15-10-16-29-46)40-53-50(51)31-21-23-42(3)54(4,5)41(2)22-19-20-36-57(53)37-35-55-6/h7-13,15-19,21-26,28-32,34-35,37-40,56H,1-2,14,20,27,33,36H2,3-6H3/b22-19-,31-21-,37-35-,42-23+,44-38+,48-34+. The number of nitrogens with zero attached hydrogens (tertiary/aromatic N) is 1. The topological polar surface area (TPSA) is 15.3 Å². The maximum absolute atomic E-state index is 4.48. The molecule has 0 saturated carbocycles. The minimum atomic E-state index is -0.171. The van der Waals surface area contributed by atoms with E-state index in [1.165, 1.54) is 27.8 Å². The summed E-state index contributed by atoms with van der Waals surface area (Å²) in [6.45, 7) is 18.3. The molecule has 4 aromatic carbocycles. The number of fused-ring (bicyclic) bond motifs is 1. The molecule has 0 amide bonds. The van der Waals surface area contributed by atoms with Crippen LogP contribution in [0.4, 0.5) is 11.4 Å². The number of allylic oxidation sites excluding steroid dienone is 13. The molecule has 0 bridgehead atoms. The van der Waals surface area contributed by atoms with Crippen molar-refractivity contribution in [1.29, 1.82) is 0 Å². The van der Waals surface area contributed by atoms with Crippen molar-refractivity contribution in [2.75, 3.05) is 16.8 Å². The van der Waals surface area contributed by atoms with Gasteiger partial charge in [0, 0.05) is 40.2 Å². The highest BCUT2D eigenvalue weighted by Crippen LogP contribution is 2.42. The van der Waals surface area contributed by atoms with Crippen LogP contribution in [0.3, 0.4) is 0 Å². The Labute approximate surface area is 343 Å². The smallest absolute Gasteiger partial charge is 0.139 e. The Bertz CT molecular complexity index is 2290. The zero-order valence-electron chi connectivity index (χ0n) is 34.2. The van der Waals surface area contributed by atoms with Crippen LogP contribution < -0.4 is 10.2 Å². The van der Waals surface area contributed by atoms with Crippen LogP contribution in [0.1, 0.15) is 51.2 Å². The SMILES string of the molecule is C=C/C(=C\C(=C/Cc1ccccc1)Nc1ccccc1-c1cc(-c2ccccc2)cc2c1/C=C\C=C(/C)C(C)(C)C(=C)/C=C\CCN2/C=C\[B]C)C1=CC=CCC1. The van der Waals surface area contributed by atoms with Crippen molar-refractivity contribution in [1.82, 2.24) is 0 Å². The lowest BCUT2D eigenvalue weighted by Gasteiger charge is -2.27. The van der Waals surface area contributed by atoms with Crippen molar-refractivity contribution in [3.8, 4) is 22.3 Å². The van der Waals surface area contributed by atoms with Gasteiger partial charge in [-0.3, -0.25) is 0 Å². The molecule has 285 valence electrons. The first-order valence-electron chi connectivity index (χ1n) is 20.3. The lowest BCUT2D eigenvalue weighted by molar-refractivity contribution is 0.554. The van der Waals surface area contributed by atoms with Crippen LogP contribution in [0, 0.1) is 5.41 Å². The number of nitrogens with one attached hydrogen (secondary N) is 1. The molecule has 0 atom stereocenters. The Balaban J connectivity index is 1.57. The fraction of sp³-hybridized carbons (Fsp3) is 0.185. The largest absolute Gasteiger partial charge is 0.355 e. The van der Waals surface area contributed by atoms with Gasteiger partial charge in [0.2, 0.25) is 0 Å². The molecular weight excluding hydrogens is 687 g/mol. The van der Waals surface area contributed by atoms with E-state index in [0.29, 0.717) is 0 Å². The maximum Gasteiger partial charge on any atom is 0.139 e. The second-order valence-corrected chi connectivity index (χ2v) is 15.2. The zero-order chi connectivity index (χ0) is 40.0. The zero-order valence-corrected chi connectivity index (χ0v) is 34.2. The molecule has 57 heavy (non-hydrogen) atoms. The van der Waals surface area contributed by atoms with Crippen molar-refractivity contribution in [2.24, 2.45) is 5.41 Å². The minimum absolute atomic E-state index is 0.171. The van der Waals surface area contributed by atoms with Crippen LogP contribution in [-0.2, 0) is 6.42 Å². The van der Waals surface area contributed by atoms with Gasteiger partial charge in [-0.2, -0.15) is 0 Å². The number of hydrogen-bond acceptors (Lipinski definition) is 2. The first-order chi connectivity index (χ1) is 27.8. The van der Waals surface area contributed by atoms with Crippen LogP contribution in [0.2, 0.25) is 6.82 Å². The summed E-state index contributed by atoms with van der Waals surface area (Å²) in [5, 5.41) is 3.94. The van der Waals surface area contributed by atoms with E-state index in [2.05, 4.69) is 228 Å². The Morgan fingerprint density at radius 1 is 0.842 bits per heavy atom. The number of anilines is 2. The van der Waals surface area contributed by atoms with Crippen molar-refractivity contribution >= 4 is 24.7 Å². The van der Waals surface area contributed by atoms with E-state index in [1.807, 2.05) is 6.08 Å². The molecule has 6 rings (SSSR count). The fourth-order valence-electron chi connectivity index (χ4n) is 7.20. The van der Waals surface area contributed by atoms with Crippen molar-refractivity contribution in [2.45, 2.75) is 53.3 Å². The van der Waals surface area contributed by atoms with Crippen LogP contribution in [0.15, 0.2) is 211 Å². The number of hydrogen-bond donors (Lipinski definition) is 1. The van der Waals surface area contributed by atoms with Gasteiger partial charge in [-0.25, -0.2) is 0 Å². The second-order valence-electron chi connectivity index (χ2n) is 15.2. The summed E-state index contributed by atoms with van der Waals surface area (Å²) in [6, 6.07) is 34.8. The summed E-state index contributed by atoms with van der Waals surface area (Å²) in [7, 11) is 2.10. The molecule has 0 saturated heterocycles. The predicted molar refractivity (Wildman–Crippen MR) is 251 cm³/mol. The average molecular weight is 744 g/mol. The van der Waals surface area contributed by atoms with E-state index < -0.39 is 0 Å². The fourth-order valence-corrected chi connectivity index (χ4v) is 7.20. The summed E-state index contributed by atoms with van der Waals surface area (Å²) in [6.07, 6.45) is 30.3. The Morgan fingerprint density at radius 3 is 2.33 bits per heavy atom. The van der Waals surface area contributed by atoms with Crippen molar-refractivity contribution < 1.29 is 0 Å². The molecule has 1 radical (unpaired) electrons. The first kappa shape index (κ1) is 40.6. The molecule has 1 N–H and O–H groups in total. The Kier molecular flexibility index (Phi) is 14.0. The summed E-state index contributed by atoms with van der Waals surface area (Å²) in [5.74, 6) is 2.14. The molecule has 3 heteroatoms. The van der Waals surface area contributed by atoms with Crippen LogP contribution in [0.5, 0.6) is 0 Å². The third kappa shape index (κ3) is 10.4. The first-order valence-corrected chi connectivity index (χ1v) is 20.3. The highest BCUT2D eigenvalue weighted by molar-refractivity contribution is 6.40. The summed E-state index contributed by atoms with van der Waals surface area (Å²) >= 11 is 0. The van der Waals surface area contributed by atoms with E-state index in [9.17, 15) is 0 Å². The van der Waals surface area contributed by atoms with Crippen LogP contribution in [0.25, 0.3) is 28.3 Å². The highest BCUT2D eigenvalue weighted by atomic mass is 15.1. The number of para-hydroxylation sites is 1. The van der Waals surface area contributed by atoms with Gasteiger partial charge in [0.25, 0.3) is 0 Å². The van der Waals surface area contributed by atoms with Crippen molar-refractivity contribution in [3.63, 3.8) is 0 Å². The Hall–Kier alpha value is -6.06. The third-order valence-corrected chi connectivity index (χ3v) is 11.1. The van der Waals surface area contributed by atoms with Crippen molar-refractivity contribution in [3.05, 3.63) is 222 Å². The molecule has 2 nitrogen and oxygen atoms in total. The Morgan fingerprint density at radius 2 is 1.60 bits per heavy atom. The molecule has 1 aliphatic heterocycles. The molecule has 0 fully saturated rings. The van der Waals surface area contributed by atoms with Crippen LogP contribution >= 0.6 is 0 Å². The van der Waals surface area contributed by atoms with Gasteiger partial charge in [0.1, 0.15) is 7.28 Å². The lowest BCUT2D eigenvalue weighted by atomic mass is 9.78. The monoisotopic (exact) mass is 743 g/mol. The molecule has 1 heterocycles. The number of rotatable bonds is 11. The quantitative estimate of drug-likeness (QED) is 0.122. The second kappa shape index (κ2) is 19.7. The molecule has 0 aromatic heterocycles. The molecule has 1 aliphatic carbocycles. The van der Waals surface area contributed by atoms with Gasteiger partial charge in [-0.15, -0.1) is 5.98 Å². The van der Waals surface area contributed by atoms with Gasteiger partial charge in [-0.1, -0.05) is 179 Å². The van der Waals surface area contributed by atoms with Gasteiger partial charge in [-0.05, 0) is 102 Å². The van der Waals surface area contributed by atoms with Gasteiger partial charge in [0.05, 0.1) is 0 Å². The normalized spacial score (nSPS) is 18.2. The van der Waals surface area contributed by atoms with Gasteiger partial charge < -0.3 is 10.2 Å². The summed E-state index contributed by atoms with van der Waals surface area (Å²) in [5.41, 5.74) is 14.9. The molecule has 4 aromatic rings. The van der Waals surface area contributed by atoms with Gasteiger partial charge in [0.15, 0.2) is 0 Å². The predicted octanol–water partition coefficient (Wildman–Crippen LogP) is 14.5. The summed E-state index contributed by atoms with van der Waals surface area (Å²) < 4.78 is 0. The van der Waals surface area contributed by atoms with E-state index in [1.54, 1.807) is 0 Å². The molecule has 0 spiro atoms. The van der Waals surface area contributed by atoms with E-state index in [0.717, 1.165) is 77.1 Å². The van der Waals surface area contributed by atoms with E-state index >= 15 is 0 Å². The van der Waals surface area contributed by atoms with E-state index in [-0.39, 0.29) is 5.41 Å². The summed E-state index contributed by atoms with van der Waals surface area (Å²) in [4.78, 5) is 2.40. The molecular formula is C54H56BN2. The van der Waals surface area contributed by atoms with Gasteiger partial charge >= 0.3 is 0 Å². The molecule has 0 unspecified atom stereocenters. The number of benzene rings is 4. The average Bonchev–Trinajstić information content (AvgIpc) is 3.25. The maximum atomic E-state index is 4.48.